The molecular formula is C24H22N4O2S2. The second-order valence-electron chi connectivity index (χ2n) is 6.86. The number of anilines is 1. The van der Waals surface area contributed by atoms with Gasteiger partial charge in [0.15, 0.2) is 5.11 Å². The Hall–Kier alpha value is -3.49. The van der Waals surface area contributed by atoms with Gasteiger partial charge >= 0.3 is 5.97 Å². The quantitative estimate of drug-likeness (QED) is 0.288. The molecule has 32 heavy (non-hydrogen) atoms. The fourth-order valence-corrected chi connectivity index (χ4v) is 4.40. The molecule has 0 saturated heterocycles. The minimum Gasteiger partial charge on any atom is -0.462 e. The highest BCUT2D eigenvalue weighted by Crippen LogP contribution is 2.35. The third kappa shape index (κ3) is 5.22. The van der Waals surface area contributed by atoms with E-state index in [1.165, 1.54) is 11.3 Å². The summed E-state index contributed by atoms with van der Waals surface area (Å²) in [5.41, 5.74) is 3.58. The van der Waals surface area contributed by atoms with Gasteiger partial charge in [-0.3, -0.25) is 0 Å². The first-order valence-electron chi connectivity index (χ1n) is 10.1. The SMILES string of the molecule is CCOC(=O)c1cc(-c2ccccc2)sc1NC(=S)NCc1ccc(-n2cccn2)cc1. The van der Waals surface area contributed by atoms with E-state index in [9.17, 15) is 4.79 Å². The highest BCUT2D eigenvalue weighted by Gasteiger charge is 2.19. The smallest absolute Gasteiger partial charge is 0.341 e. The second kappa shape index (κ2) is 10.2. The number of rotatable bonds is 7. The summed E-state index contributed by atoms with van der Waals surface area (Å²) < 4.78 is 7.03. The second-order valence-corrected chi connectivity index (χ2v) is 8.33. The number of hydrogen-bond donors (Lipinski definition) is 2. The van der Waals surface area contributed by atoms with Crippen molar-refractivity contribution in [3.05, 3.63) is 90.3 Å². The van der Waals surface area contributed by atoms with Crippen LogP contribution in [0, 0.1) is 0 Å². The Morgan fingerprint density at radius 2 is 1.91 bits per heavy atom. The summed E-state index contributed by atoms with van der Waals surface area (Å²) in [6.45, 7) is 2.65. The molecule has 6 nitrogen and oxygen atoms in total. The molecule has 2 aromatic heterocycles. The van der Waals surface area contributed by atoms with Crippen molar-refractivity contribution < 1.29 is 9.53 Å². The number of hydrogen-bond acceptors (Lipinski definition) is 5. The zero-order chi connectivity index (χ0) is 22.3. The highest BCUT2D eigenvalue weighted by molar-refractivity contribution is 7.80. The molecule has 2 aromatic carbocycles. The third-order valence-corrected chi connectivity index (χ3v) is 6.02. The molecule has 0 radical (unpaired) electrons. The molecule has 0 aliphatic rings. The molecule has 2 heterocycles. The lowest BCUT2D eigenvalue weighted by molar-refractivity contribution is 0.0528. The minimum absolute atomic E-state index is 0.312. The minimum atomic E-state index is -0.370. The van der Waals surface area contributed by atoms with Gasteiger partial charge in [0.1, 0.15) is 5.00 Å². The number of carbonyl (C=O) groups excluding carboxylic acids is 1. The molecule has 0 aliphatic heterocycles. The number of thiophene rings is 1. The predicted molar refractivity (Wildman–Crippen MR) is 132 cm³/mol. The Morgan fingerprint density at radius 1 is 1.12 bits per heavy atom. The highest BCUT2D eigenvalue weighted by atomic mass is 32.1. The van der Waals surface area contributed by atoms with Crippen LogP contribution in [0.4, 0.5) is 5.00 Å². The number of esters is 1. The summed E-state index contributed by atoms with van der Waals surface area (Å²) in [6, 6.07) is 21.7. The van der Waals surface area contributed by atoms with E-state index in [4.69, 9.17) is 17.0 Å². The van der Waals surface area contributed by atoms with E-state index in [-0.39, 0.29) is 5.97 Å². The number of aromatic nitrogens is 2. The maximum atomic E-state index is 12.5. The van der Waals surface area contributed by atoms with E-state index in [1.54, 1.807) is 17.8 Å². The van der Waals surface area contributed by atoms with Crippen LogP contribution in [0.1, 0.15) is 22.8 Å². The fraction of sp³-hybridized carbons (Fsp3) is 0.125. The van der Waals surface area contributed by atoms with Gasteiger partial charge in [-0.25, -0.2) is 9.48 Å². The van der Waals surface area contributed by atoms with Crippen molar-refractivity contribution in [2.24, 2.45) is 0 Å². The van der Waals surface area contributed by atoms with Crippen molar-refractivity contribution in [3.63, 3.8) is 0 Å². The first kappa shape index (κ1) is 21.7. The lowest BCUT2D eigenvalue weighted by Crippen LogP contribution is -2.28. The number of benzene rings is 2. The van der Waals surface area contributed by atoms with E-state index in [1.807, 2.05) is 72.9 Å². The molecule has 0 atom stereocenters. The molecular weight excluding hydrogens is 440 g/mol. The van der Waals surface area contributed by atoms with Crippen LogP contribution in [0.25, 0.3) is 16.1 Å². The molecule has 0 bridgehead atoms. The summed E-state index contributed by atoms with van der Waals surface area (Å²) in [4.78, 5) is 13.4. The largest absolute Gasteiger partial charge is 0.462 e. The van der Waals surface area contributed by atoms with Crippen LogP contribution in [0.5, 0.6) is 0 Å². The first-order valence-corrected chi connectivity index (χ1v) is 11.4. The Labute approximate surface area is 195 Å². The van der Waals surface area contributed by atoms with Gasteiger partial charge < -0.3 is 15.4 Å². The van der Waals surface area contributed by atoms with E-state index in [0.29, 0.717) is 28.8 Å². The molecule has 162 valence electrons. The van der Waals surface area contributed by atoms with Crippen molar-refractivity contribution in [2.45, 2.75) is 13.5 Å². The molecule has 4 rings (SSSR count). The van der Waals surface area contributed by atoms with Gasteiger partial charge in [0.05, 0.1) is 17.9 Å². The first-order chi connectivity index (χ1) is 15.6. The van der Waals surface area contributed by atoms with Crippen LogP contribution in [0.15, 0.2) is 79.1 Å². The van der Waals surface area contributed by atoms with Crippen molar-refractivity contribution in [1.82, 2.24) is 15.1 Å². The van der Waals surface area contributed by atoms with Gasteiger partial charge in [0.2, 0.25) is 0 Å². The summed E-state index contributed by atoms with van der Waals surface area (Å²) in [6.07, 6.45) is 3.65. The molecule has 0 saturated carbocycles. The summed E-state index contributed by atoms with van der Waals surface area (Å²) in [7, 11) is 0. The Bertz CT molecular complexity index is 1190. The molecule has 4 aromatic rings. The monoisotopic (exact) mass is 462 g/mol. The van der Waals surface area contributed by atoms with Crippen molar-refractivity contribution in [3.8, 4) is 16.1 Å². The Morgan fingerprint density at radius 3 is 2.59 bits per heavy atom. The molecule has 0 spiro atoms. The summed E-state index contributed by atoms with van der Waals surface area (Å²) >= 11 is 6.95. The van der Waals surface area contributed by atoms with Crippen molar-refractivity contribution in [1.29, 1.82) is 0 Å². The van der Waals surface area contributed by atoms with Crippen LogP contribution < -0.4 is 10.6 Å². The average Bonchev–Trinajstić information content (AvgIpc) is 3.49. The molecule has 8 heteroatoms. The fourth-order valence-electron chi connectivity index (χ4n) is 3.11. The number of nitrogens with one attached hydrogen (secondary N) is 2. The van der Waals surface area contributed by atoms with Crippen LogP contribution in [-0.2, 0) is 11.3 Å². The average molecular weight is 463 g/mol. The lowest BCUT2D eigenvalue weighted by Gasteiger charge is -2.11. The van der Waals surface area contributed by atoms with Crippen LogP contribution in [0.3, 0.4) is 0 Å². The molecule has 2 N–H and O–H groups in total. The zero-order valence-electron chi connectivity index (χ0n) is 17.4. The Balaban J connectivity index is 1.44. The van der Waals surface area contributed by atoms with Crippen molar-refractivity contribution in [2.75, 3.05) is 11.9 Å². The third-order valence-electron chi connectivity index (χ3n) is 4.67. The summed E-state index contributed by atoms with van der Waals surface area (Å²) in [5.74, 6) is -0.370. The van der Waals surface area contributed by atoms with E-state index in [0.717, 1.165) is 21.7 Å². The van der Waals surface area contributed by atoms with Gasteiger partial charge in [-0.1, -0.05) is 42.5 Å². The summed E-state index contributed by atoms with van der Waals surface area (Å²) in [5, 5.41) is 11.7. The van der Waals surface area contributed by atoms with Gasteiger partial charge in [-0.2, -0.15) is 5.10 Å². The molecule has 0 amide bonds. The van der Waals surface area contributed by atoms with Crippen LogP contribution >= 0.6 is 23.6 Å². The van der Waals surface area contributed by atoms with Crippen LogP contribution in [-0.4, -0.2) is 27.5 Å². The normalized spacial score (nSPS) is 10.5. The number of carbonyl (C=O) groups is 1. The molecule has 0 fully saturated rings. The zero-order valence-corrected chi connectivity index (χ0v) is 19.1. The van der Waals surface area contributed by atoms with Gasteiger partial charge in [-0.15, -0.1) is 11.3 Å². The van der Waals surface area contributed by atoms with Crippen LogP contribution in [0.2, 0.25) is 0 Å². The number of nitrogens with zero attached hydrogens (tertiary/aromatic N) is 2. The maximum absolute atomic E-state index is 12.5. The maximum Gasteiger partial charge on any atom is 0.341 e. The number of ether oxygens (including phenoxy) is 1. The van der Waals surface area contributed by atoms with E-state index >= 15 is 0 Å². The van der Waals surface area contributed by atoms with Gasteiger partial charge in [-0.05, 0) is 54.5 Å². The van der Waals surface area contributed by atoms with Crippen molar-refractivity contribution >= 4 is 39.6 Å². The van der Waals surface area contributed by atoms with Gasteiger partial charge in [0, 0.05) is 23.8 Å². The van der Waals surface area contributed by atoms with E-state index < -0.39 is 0 Å². The topological polar surface area (TPSA) is 68.2 Å². The molecule has 0 unspecified atom stereocenters. The number of thiocarbonyl (C=S) groups is 1. The van der Waals surface area contributed by atoms with Gasteiger partial charge in [0.25, 0.3) is 0 Å². The standard InChI is InChI=1S/C24H22N4O2S2/c1-2-30-23(29)20-15-21(18-7-4-3-5-8-18)32-22(20)27-24(31)25-16-17-9-11-19(12-10-17)28-14-6-13-26-28/h3-15H,2,16H2,1H3,(H2,25,27,31). The predicted octanol–water partition coefficient (Wildman–Crippen LogP) is 5.26. The van der Waals surface area contributed by atoms with E-state index in [2.05, 4.69) is 15.7 Å². The molecule has 0 aliphatic carbocycles. The lowest BCUT2D eigenvalue weighted by atomic mass is 10.1. The Kier molecular flexibility index (Phi) is 6.94.